The molecule has 0 bridgehead atoms. The fraction of sp³-hybridized carbons (Fsp3) is 0.409. The molecule has 4 rings (SSSR count). The monoisotopic (exact) mass is 445 g/mol. The number of likely N-dealkylation sites (tertiary alicyclic amines) is 1. The first-order chi connectivity index (χ1) is 14.9. The van der Waals surface area contributed by atoms with E-state index in [0.29, 0.717) is 36.0 Å². The number of nitrogens with zero attached hydrogens (tertiary/aromatic N) is 1. The maximum absolute atomic E-state index is 12.8. The molecule has 0 unspecified atom stereocenters. The number of carbonyl (C=O) groups is 1. The number of sulfonamides is 1. The van der Waals surface area contributed by atoms with E-state index in [0.717, 1.165) is 32.4 Å². The summed E-state index contributed by atoms with van der Waals surface area (Å²) in [6.45, 7) is 2.94. The topological polar surface area (TPSA) is 97.0 Å². The highest BCUT2D eigenvalue weighted by molar-refractivity contribution is 7.92. The van der Waals surface area contributed by atoms with Crippen LogP contribution >= 0.6 is 0 Å². The molecule has 2 aromatic rings. The van der Waals surface area contributed by atoms with E-state index in [1.807, 2.05) is 0 Å². The van der Waals surface area contributed by atoms with E-state index in [1.165, 1.54) is 12.1 Å². The number of benzene rings is 2. The summed E-state index contributed by atoms with van der Waals surface area (Å²) in [4.78, 5) is 14.8. The van der Waals surface area contributed by atoms with E-state index in [4.69, 9.17) is 9.47 Å². The molecule has 9 heteroatoms. The molecule has 2 aromatic carbocycles. The number of amides is 1. The Balaban J connectivity index is 1.41. The molecule has 0 aliphatic carbocycles. The zero-order chi connectivity index (χ0) is 21.8. The molecule has 0 radical (unpaired) electrons. The van der Waals surface area contributed by atoms with Crippen molar-refractivity contribution in [2.75, 3.05) is 38.1 Å². The molecule has 0 spiro atoms. The number of fused-ring (bicyclic) bond motifs is 1. The third-order valence-corrected chi connectivity index (χ3v) is 6.86. The lowest BCUT2D eigenvalue weighted by Crippen LogP contribution is -2.43. The van der Waals surface area contributed by atoms with Crippen molar-refractivity contribution in [3.8, 4) is 11.5 Å². The Kier molecular flexibility index (Phi) is 6.33. The van der Waals surface area contributed by atoms with Crippen LogP contribution in [0.3, 0.4) is 0 Å². The Bertz CT molecular complexity index is 1030. The number of carbonyl (C=O) groups excluding carboxylic acids is 1. The Morgan fingerprint density at radius 3 is 2.39 bits per heavy atom. The molecule has 8 nitrogen and oxygen atoms in total. The van der Waals surface area contributed by atoms with E-state index in [2.05, 4.69) is 22.0 Å². The zero-order valence-corrected chi connectivity index (χ0v) is 18.3. The Hall–Kier alpha value is -2.78. The lowest BCUT2D eigenvalue weighted by Gasteiger charge is -2.29. The number of piperidine rings is 1. The van der Waals surface area contributed by atoms with Crippen molar-refractivity contribution in [1.82, 2.24) is 10.2 Å². The predicted octanol–water partition coefficient (Wildman–Crippen LogP) is 2.47. The van der Waals surface area contributed by atoms with Crippen LogP contribution < -0.4 is 19.5 Å². The minimum absolute atomic E-state index is 0.0841. The highest BCUT2D eigenvalue weighted by Gasteiger charge is 2.21. The van der Waals surface area contributed by atoms with Gasteiger partial charge < -0.3 is 19.7 Å². The van der Waals surface area contributed by atoms with E-state index >= 15 is 0 Å². The molecule has 1 saturated heterocycles. The maximum Gasteiger partial charge on any atom is 0.262 e. The van der Waals surface area contributed by atoms with Crippen LogP contribution in [0.15, 0.2) is 47.4 Å². The average Bonchev–Trinajstić information content (AvgIpc) is 3.00. The average molecular weight is 446 g/mol. The van der Waals surface area contributed by atoms with Crippen LogP contribution in [0.1, 0.15) is 29.6 Å². The number of hydrogen-bond donors (Lipinski definition) is 2. The molecule has 2 aliphatic heterocycles. The third kappa shape index (κ3) is 5.29. The molecule has 2 heterocycles. The van der Waals surface area contributed by atoms with Crippen molar-refractivity contribution in [3.63, 3.8) is 0 Å². The Morgan fingerprint density at radius 2 is 1.68 bits per heavy atom. The van der Waals surface area contributed by atoms with E-state index < -0.39 is 10.0 Å². The smallest absolute Gasteiger partial charge is 0.262 e. The number of nitrogens with one attached hydrogen (secondary N) is 2. The van der Waals surface area contributed by atoms with Crippen molar-refractivity contribution in [3.05, 3.63) is 48.0 Å². The van der Waals surface area contributed by atoms with Gasteiger partial charge in [-0.05, 0) is 69.4 Å². The lowest BCUT2D eigenvalue weighted by atomic mass is 10.0. The first-order valence-electron chi connectivity index (χ1n) is 10.4. The first-order valence-corrected chi connectivity index (χ1v) is 11.9. The Labute approximate surface area is 182 Å². The van der Waals surface area contributed by atoms with Crippen molar-refractivity contribution < 1.29 is 22.7 Å². The fourth-order valence-electron chi connectivity index (χ4n) is 3.64. The second-order valence-corrected chi connectivity index (χ2v) is 9.58. The fourth-order valence-corrected chi connectivity index (χ4v) is 4.71. The van der Waals surface area contributed by atoms with E-state index in [1.54, 1.807) is 30.3 Å². The number of ether oxygens (including phenoxy) is 2. The summed E-state index contributed by atoms with van der Waals surface area (Å²) in [7, 11) is -1.74. The SMILES string of the molecule is CN1CCC(NC(=O)c2ccc(NS(=O)(=O)c3ccc4c(c3)OCCCO4)cc2)CC1. The van der Waals surface area contributed by atoms with Crippen LogP contribution in [-0.4, -0.2) is 58.6 Å². The second-order valence-electron chi connectivity index (χ2n) is 7.89. The third-order valence-electron chi connectivity index (χ3n) is 5.48. The normalized spacial score (nSPS) is 17.6. The van der Waals surface area contributed by atoms with Crippen LogP contribution in [0.25, 0.3) is 0 Å². The summed E-state index contributed by atoms with van der Waals surface area (Å²) in [6.07, 6.45) is 2.60. The Morgan fingerprint density at radius 1 is 1.00 bits per heavy atom. The number of rotatable bonds is 5. The van der Waals surface area contributed by atoms with Gasteiger partial charge in [-0.15, -0.1) is 0 Å². The van der Waals surface area contributed by atoms with E-state index in [-0.39, 0.29) is 16.8 Å². The molecule has 1 fully saturated rings. The number of anilines is 1. The molecule has 166 valence electrons. The first kappa shape index (κ1) is 21.5. The summed E-state index contributed by atoms with van der Waals surface area (Å²) in [6, 6.07) is 11.1. The van der Waals surface area contributed by atoms with E-state index in [9.17, 15) is 13.2 Å². The minimum atomic E-state index is -3.81. The van der Waals surface area contributed by atoms with Crippen molar-refractivity contribution in [1.29, 1.82) is 0 Å². The molecule has 1 amide bonds. The quantitative estimate of drug-likeness (QED) is 0.734. The molecule has 31 heavy (non-hydrogen) atoms. The summed E-state index contributed by atoms with van der Waals surface area (Å²) in [5.41, 5.74) is 0.875. The van der Waals surface area contributed by atoms with Crippen LogP contribution in [0.4, 0.5) is 5.69 Å². The van der Waals surface area contributed by atoms with Crippen LogP contribution in [0.2, 0.25) is 0 Å². The van der Waals surface area contributed by atoms with Crippen LogP contribution in [0, 0.1) is 0 Å². The van der Waals surface area contributed by atoms with Crippen molar-refractivity contribution >= 4 is 21.6 Å². The highest BCUT2D eigenvalue weighted by Crippen LogP contribution is 2.32. The predicted molar refractivity (Wildman–Crippen MR) is 117 cm³/mol. The largest absolute Gasteiger partial charge is 0.490 e. The molecule has 2 N–H and O–H groups in total. The van der Waals surface area contributed by atoms with Crippen LogP contribution in [0.5, 0.6) is 11.5 Å². The minimum Gasteiger partial charge on any atom is -0.490 e. The van der Waals surface area contributed by atoms with Gasteiger partial charge in [-0.25, -0.2) is 8.42 Å². The standard InChI is InChI=1S/C22H27N3O5S/c1-25-11-9-17(10-12-25)23-22(26)16-3-5-18(6-4-16)24-31(27,28)19-7-8-20-21(15-19)30-14-2-13-29-20/h3-8,15,17,24H,2,9-14H2,1H3,(H,23,26). The van der Waals surface area contributed by atoms with Gasteiger partial charge in [-0.2, -0.15) is 0 Å². The maximum atomic E-state index is 12.8. The molecule has 2 aliphatic rings. The summed E-state index contributed by atoms with van der Waals surface area (Å²) in [5.74, 6) is 0.810. The summed E-state index contributed by atoms with van der Waals surface area (Å²) < 4.78 is 39.3. The molecular formula is C22H27N3O5S. The van der Waals surface area contributed by atoms with Gasteiger partial charge in [0.05, 0.1) is 18.1 Å². The number of hydrogen-bond acceptors (Lipinski definition) is 6. The van der Waals surface area contributed by atoms with Gasteiger partial charge in [0.2, 0.25) is 0 Å². The lowest BCUT2D eigenvalue weighted by molar-refractivity contribution is 0.0917. The van der Waals surface area contributed by atoms with Crippen LogP contribution in [-0.2, 0) is 10.0 Å². The molecule has 0 aromatic heterocycles. The van der Waals surface area contributed by atoms with Gasteiger partial charge in [0.1, 0.15) is 0 Å². The van der Waals surface area contributed by atoms with Gasteiger partial charge in [0.25, 0.3) is 15.9 Å². The summed E-state index contributed by atoms with van der Waals surface area (Å²) >= 11 is 0. The van der Waals surface area contributed by atoms with Crippen molar-refractivity contribution in [2.24, 2.45) is 0 Å². The van der Waals surface area contributed by atoms with Gasteiger partial charge in [0.15, 0.2) is 11.5 Å². The van der Waals surface area contributed by atoms with Gasteiger partial charge in [-0.3, -0.25) is 9.52 Å². The van der Waals surface area contributed by atoms with Crippen molar-refractivity contribution in [2.45, 2.75) is 30.2 Å². The highest BCUT2D eigenvalue weighted by atomic mass is 32.2. The van der Waals surface area contributed by atoms with Gasteiger partial charge in [0, 0.05) is 29.8 Å². The molecule has 0 atom stereocenters. The van der Waals surface area contributed by atoms with Gasteiger partial charge >= 0.3 is 0 Å². The molecule has 0 saturated carbocycles. The summed E-state index contributed by atoms with van der Waals surface area (Å²) in [5, 5.41) is 3.05. The molecular weight excluding hydrogens is 418 g/mol. The zero-order valence-electron chi connectivity index (χ0n) is 17.5. The second kappa shape index (κ2) is 9.15. The van der Waals surface area contributed by atoms with Gasteiger partial charge in [-0.1, -0.05) is 0 Å².